The smallest absolute Gasteiger partial charge is 0.382 e. The van der Waals surface area contributed by atoms with Gasteiger partial charge >= 0.3 is 53.0 Å². The molecule has 162 valence electrons. The molecule has 4 atom stereocenters. The normalized spacial score (nSPS) is 23.6. The molecule has 3 heterocycles. The van der Waals surface area contributed by atoms with Crippen LogP contribution < -0.4 is 35.3 Å². The number of nitrogens with two attached hydrogens (primary N) is 1. The van der Waals surface area contributed by atoms with E-state index in [-0.39, 0.29) is 35.4 Å². The van der Waals surface area contributed by atoms with Crippen LogP contribution in [-0.2, 0) is 31.6 Å². The molecule has 0 saturated carbocycles. The molecule has 1 saturated heterocycles. The Hall–Kier alpha value is -0.280. The van der Waals surface area contributed by atoms with Gasteiger partial charge in [0.25, 0.3) is 0 Å². The molecule has 1 fully saturated rings. The van der Waals surface area contributed by atoms with Crippen molar-refractivity contribution in [3.63, 3.8) is 0 Å². The number of aromatic nitrogens is 4. The van der Waals surface area contributed by atoms with Crippen molar-refractivity contribution in [3.05, 3.63) is 12.7 Å². The number of phosphoric ester groups is 1. The predicted molar refractivity (Wildman–Crippen MR) is 92.7 cm³/mol. The molecule has 0 radical (unpaired) electrons. The first kappa shape index (κ1) is 26.0. The van der Waals surface area contributed by atoms with Gasteiger partial charge in [0.05, 0.1) is 19.0 Å². The van der Waals surface area contributed by atoms with Crippen molar-refractivity contribution in [2.24, 2.45) is 0 Å². The van der Waals surface area contributed by atoms with E-state index < -0.39 is 42.4 Å². The Morgan fingerprint density at radius 2 is 1.80 bits per heavy atom. The molecule has 1 aliphatic heterocycles. The zero-order valence-electron chi connectivity index (χ0n) is 15.3. The van der Waals surface area contributed by atoms with E-state index in [0.29, 0.717) is 24.0 Å². The number of nitrogen functional groups attached to an aromatic ring is 1. The van der Waals surface area contributed by atoms with Gasteiger partial charge in [-0.2, -0.15) is 8.62 Å². The van der Waals surface area contributed by atoms with Gasteiger partial charge in [0, 0.05) is 0 Å². The van der Waals surface area contributed by atoms with Crippen LogP contribution in [0.3, 0.4) is 0 Å². The van der Waals surface area contributed by atoms with Crippen LogP contribution >= 0.6 is 23.5 Å². The molecule has 0 spiro atoms. The Morgan fingerprint density at radius 1 is 1.10 bits per heavy atom. The second-order valence-electron chi connectivity index (χ2n) is 5.76. The molecule has 2 unspecified atom stereocenters. The van der Waals surface area contributed by atoms with Crippen LogP contribution in [0.1, 0.15) is 19.1 Å². The Morgan fingerprint density at radius 3 is 2.47 bits per heavy atom. The minimum Gasteiger partial charge on any atom is -0.382 e. The zero-order chi connectivity index (χ0) is 21.4. The molecular formula is C10H16N5NaO11P3+. The quantitative estimate of drug-likeness (QED) is 0.186. The molecule has 3 rings (SSSR count). The van der Waals surface area contributed by atoms with E-state index in [1.165, 1.54) is 12.7 Å². The van der Waals surface area contributed by atoms with E-state index in [0.717, 1.165) is 0 Å². The molecule has 6 N–H and O–H groups in total. The van der Waals surface area contributed by atoms with Gasteiger partial charge in [-0.15, -0.1) is 0 Å². The van der Waals surface area contributed by atoms with Crippen molar-refractivity contribution in [1.82, 2.24) is 19.5 Å². The third-order valence-electron chi connectivity index (χ3n) is 3.62. The molecule has 20 heteroatoms. The third kappa shape index (κ3) is 6.86. The van der Waals surface area contributed by atoms with Gasteiger partial charge in [-0.1, -0.05) is 0 Å². The van der Waals surface area contributed by atoms with Crippen LogP contribution in [0, 0.1) is 0 Å². The Bertz CT molecular complexity index is 1050. The minimum atomic E-state index is -5.56. The molecule has 2 aromatic heterocycles. The van der Waals surface area contributed by atoms with E-state index in [4.69, 9.17) is 25.2 Å². The van der Waals surface area contributed by atoms with E-state index in [9.17, 15) is 18.6 Å². The molecule has 16 nitrogen and oxygen atoms in total. The van der Waals surface area contributed by atoms with Crippen molar-refractivity contribution in [1.29, 1.82) is 0 Å². The van der Waals surface area contributed by atoms with E-state index in [1.54, 1.807) is 4.57 Å². The summed E-state index contributed by atoms with van der Waals surface area (Å²) in [4.78, 5) is 47.6. The first-order valence-corrected chi connectivity index (χ1v) is 12.2. The standard InChI is InChI=1S/C10H16N5O11P3.Na/c11-9-8-10(13-4-12-9)15(5-14-8)7-2-1-6(24-7)3-23-28(19,20)26-29(21,22)25-27(16,17)18;/h4-7H,1-3H2,(H,19,20)(H,21,22)(H2,11,12,13)(H2,16,17,18);/q;+1/t6-,7+;/m1./s1. The summed E-state index contributed by atoms with van der Waals surface area (Å²) in [6.45, 7) is -0.524. The number of phosphoric acid groups is 3. The summed E-state index contributed by atoms with van der Waals surface area (Å²) in [7, 11) is -16.2. The third-order valence-corrected chi connectivity index (χ3v) is 7.42. The van der Waals surface area contributed by atoms with Crippen molar-refractivity contribution in [2.75, 3.05) is 12.3 Å². The summed E-state index contributed by atoms with van der Waals surface area (Å²) in [6.07, 6.45) is 2.30. The fraction of sp³-hybridized carbons (Fsp3) is 0.500. The molecule has 1 aliphatic rings. The molecular weight excluding hydrogens is 482 g/mol. The number of hydrogen-bond acceptors (Lipinski definition) is 11. The number of nitrogens with zero attached hydrogens (tertiary/aromatic N) is 4. The van der Waals surface area contributed by atoms with Crippen molar-refractivity contribution in [2.45, 2.75) is 25.2 Å². The van der Waals surface area contributed by atoms with Gasteiger partial charge in [-0.3, -0.25) is 9.09 Å². The van der Waals surface area contributed by atoms with Crippen LogP contribution in [0.4, 0.5) is 5.82 Å². The number of ether oxygens (including phenoxy) is 1. The van der Waals surface area contributed by atoms with Gasteiger partial charge in [0.15, 0.2) is 11.5 Å². The SMILES string of the molecule is Nc1ncnc2c1ncn2[C@@H]1CC[C@H](COP(=O)(O)OP(=O)(O)OP(=O)(O)O)O1.[Na+]. The average Bonchev–Trinajstić information content (AvgIpc) is 3.16. The number of imidazole rings is 1. The molecule has 2 aromatic rings. The summed E-state index contributed by atoms with van der Waals surface area (Å²) in [5.41, 5.74) is 6.53. The maximum absolute atomic E-state index is 11.7. The number of anilines is 1. The first-order valence-electron chi connectivity index (χ1n) is 7.72. The van der Waals surface area contributed by atoms with Crippen molar-refractivity contribution in [3.8, 4) is 0 Å². The zero-order valence-corrected chi connectivity index (χ0v) is 20.0. The van der Waals surface area contributed by atoms with Crippen LogP contribution in [0.25, 0.3) is 11.2 Å². The summed E-state index contributed by atoms with van der Waals surface area (Å²) >= 11 is 0. The summed E-state index contributed by atoms with van der Waals surface area (Å²) in [5.74, 6) is 0.191. The minimum absolute atomic E-state index is 0. The summed E-state index contributed by atoms with van der Waals surface area (Å²) < 4.78 is 52.7. The average molecular weight is 498 g/mol. The van der Waals surface area contributed by atoms with Crippen LogP contribution in [-0.4, -0.2) is 51.8 Å². The summed E-state index contributed by atoms with van der Waals surface area (Å²) in [5, 5.41) is 0. The number of rotatable bonds is 8. The monoisotopic (exact) mass is 498 g/mol. The van der Waals surface area contributed by atoms with Crippen LogP contribution in [0.15, 0.2) is 12.7 Å². The van der Waals surface area contributed by atoms with Crippen molar-refractivity contribution >= 4 is 40.4 Å². The molecule has 30 heavy (non-hydrogen) atoms. The van der Waals surface area contributed by atoms with Crippen LogP contribution in [0.5, 0.6) is 0 Å². The fourth-order valence-electron chi connectivity index (χ4n) is 2.58. The molecule has 0 aliphatic carbocycles. The summed E-state index contributed by atoms with van der Waals surface area (Å²) in [6, 6.07) is 0. The first-order chi connectivity index (χ1) is 13.4. The number of hydrogen-bond donors (Lipinski definition) is 5. The van der Waals surface area contributed by atoms with Crippen molar-refractivity contribution < 1.29 is 80.7 Å². The second kappa shape index (κ2) is 9.69. The Kier molecular flexibility index (Phi) is 8.39. The van der Waals surface area contributed by atoms with Crippen LogP contribution in [0.2, 0.25) is 0 Å². The molecule has 0 amide bonds. The Labute approximate surface area is 190 Å². The van der Waals surface area contributed by atoms with Gasteiger partial charge in [-0.25, -0.2) is 28.6 Å². The molecule has 0 aromatic carbocycles. The maximum atomic E-state index is 11.7. The second-order valence-corrected chi connectivity index (χ2v) is 10.2. The van der Waals surface area contributed by atoms with E-state index in [2.05, 4.69) is 28.1 Å². The maximum Gasteiger partial charge on any atom is 1.00 e. The van der Waals surface area contributed by atoms with Gasteiger partial charge in [0.1, 0.15) is 18.1 Å². The van der Waals surface area contributed by atoms with Gasteiger partial charge < -0.3 is 30.0 Å². The topological polar surface area (TPSA) is 239 Å². The number of fused-ring (bicyclic) bond motifs is 1. The van der Waals surface area contributed by atoms with Gasteiger partial charge in [-0.05, 0) is 12.8 Å². The predicted octanol–water partition coefficient (Wildman–Crippen LogP) is -2.57. The van der Waals surface area contributed by atoms with E-state index >= 15 is 0 Å². The van der Waals surface area contributed by atoms with Gasteiger partial charge in [0.2, 0.25) is 0 Å². The van der Waals surface area contributed by atoms with E-state index in [1.807, 2.05) is 0 Å². The fourth-order valence-corrected chi connectivity index (χ4v) is 5.62. The Balaban J connectivity index is 0.00000320. The molecule has 0 bridgehead atoms. The largest absolute Gasteiger partial charge is 1.00 e.